The van der Waals surface area contributed by atoms with Crippen molar-refractivity contribution in [2.45, 2.75) is 44.7 Å². The van der Waals surface area contributed by atoms with Gasteiger partial charge in [-0.15, -0.1) is 0 Å². The molecule has 0 saturated carbocycles. The Labute approximate surface area is 139 Å². The highest BCUT2D eigenvalue weighted by Crippen LogP contribution is 2.34. The van der Waals surface area contributed by atoms with Crippen LogP contribution in [0.5, 0.6) is 0 Å². The lowest BCUT2D eigenvalue weighted by Crippen LogP contribution is -2.46. The highest BCUT2D eigenvalue weighted by molar-refractivity contribution is 5.83. The van der Waals surface area contributed by atoms with E-state index in [-0.39, 0.29) is 12.1 Å². The SMILES string of the molecule is CCC(=O)C1CCCCN1C(c1ccccc1)c1ccccc1. The van der Waals surface area contributed by atoms with E-state index in [9.17, 15) is 4.79 Å². The van der Waals surface area contributed by atoms with Gasteiger partial charge in [-0.1, -0.05) is 74.0 Å². The summed E-state index contributed by atoms with van der Waals surface area (Å²) in [7, 11) is 0. The van der Waals surface area contributed by atoms with Crippen LogP contribution < -0.4 is 0 Å². The molecule has 0 amide bonds. The first-order valence-electron chi connectivity index (χ1n) is 8.69. The quantitative estimate of drug-likeness (QED) is 0.804. The third-order valence-electron chi connectivity index (χ3n) is 4.83. The monoisotopic (exact) mass is 307 g/mol. The number of piperidine rings is 1. The van der Waals surface area contributed by atoms with Crippen molar-refractivity contribution < 1.29 is 4.79 Å². The van der Waals surface area contributed by atoms with Crippen molar-refractivity contribution in [3.63, 3.8) is 0 Å². The Kier molecular flexibility index (Phi) is 5.24. The van der Waals surface area contributed by atoms with Crippen LogP contribution in [0.3, 0.4) is 0 Å². The zero-order chi connectivity index (χ0) is 16.1. The Morgan fingerprint density at radius 1 is 1.00 bits per heavy atom. The lowest BCUT2D eigenvalue weighted by atomic mass is 9.90. The largest absolute Gasteiger partial charge is 0.298 e. The van der Waals surface area contributed by atoms with E-state index in [1.165, 1.54) is 17.5 Å². The number of hydrogen-bond donors (Lipinski definition) is 0. The molecule has 0 N–H and O–H groups in total. The third kappa shape index (κ3) is 3.53. The van der Waals surface area contributed by atoms with E-state index in [1.54, 1.807) is 0 Å². The van der Waals surface area contributed by atoms with Crippen molar-refractivity contribution >= 4 is 5.78 Å². The number of ketones is 1. The second-order valence-electron chi connectivity index (χ2n) is 6.29. The van der Waals surface area contributed by atoms with Crippen LogP contribution in [0, 0.1) is 0 Å². The van der Waals surface area contributed by atoms with Gasteiger partial charge in [0.15, 0.2) is 0 Å². The van der Waals surface area contributed by atoms with E-state index in [0.717, 1.165) is 19.4 Å². The maximum atomic E-state index is 12.5. The minimum Gasteiger partial charge on any atom is -0.298 e. The van der Waals surface area contributed by atoms with E-state index >= 15 is 0 Å². The van der Waals surface area contributed by atoms with Gasteiger partial charge in [-0.3, -0.25) is 9.69 Å². The predicted octanol–water partition coefficient (Wildman–Crippen LogP) is 4.61. The molecule has 0 radical (unpaired) electrons. The van der Waals surface area contributed by atoms with Crippen LogP contribution in [0.2, 0.25) is 0 Å². The molecule has 2 aromatic carbocycles. The molecule has 1 heterocycles. The molecule has 2 nitrogen and oxygen atoms in total. The van der Waals surface area contributed by atoms with Gasteiger partial charge in [-0.25, -0.2) is 0 Å². The molecule has 1 aliphatic heterocycles. The maximum Gasteiger partial charge on any atom is 0.149 e. The van der Waals surface area contributed by atoms with Gasteiger partial charge in [-0.2, -0.15) is 0 Å². The van der Waals surface area contributed by atoms with Gasteiger partial charge in [0.05, 0.1) is 12.1 Å². The van der Waals surface area contributed by atoms with Crippen molar-refractivity contribution in [3.05, 3.63) is 71.8 Å². The molecule has 23 heavy (non-hydrogen) atoms. The van der Waals surface area contributed by atoms with Crippen LogP contribution >= 0.6 is 0 Å². The van der Waals surface area contributed by atoms with Gasteiger partial charge in [-0.05, 0) is 30.5 Å². The molecular formula is C21H25NO. The smallest absolute Gasteiger partial charge is 0.149 e. The fraction of sp³-hybridized carbons (Fsp3) is 0.381. The van der Waals surface area contributed by atoms with Gasteiger partial charge >= 0.3 is 0 Å². The molecule has 1 fully saturated rings. The summed E-state index contributed by atoms with van der Waals surface area (Å²) in [5, 5.41) is 0. The second kappa shape index (κ2) is 7.56. The van der Waals surface area contributed by atoms with Crippen molar-refractivity contribution in [1.82, 2.24) is 4.90 Å². The van der Waals surface area contributed by atoms with Gasteiger partial charge in [0, 0.05) is 6.42 Å². The number of carbonyl (C=O) groups is 1. The van der Waals surface area contributed by atoms with E-state index in [2.05, 4.69) is 65.6 Å². The summed E-state index contributed by atoms with van der Waals surface area (Å²) in [5.41, 5.74) is 2.55. The summed E-state index contributed by atoms with van der Waals surface area (Å²) in [6.45, 7) is 2.97. The molecule has 1 saturated heterocycles. The van der Waals surface area contributed by atoms with Crippen LogP contribution in [-0.4, -0.2) is 23.3 Å². The van der Waals surface area contributed by atoms with E-state index in [1.807, 2.05) is 6.92 Å². The molecule has 1 atom stereocenters. The molecule has 2 aromatic rings. The average molecular weight is 307 g/mol. The van der Waals surface area contributed by atoms with E-state index < -0.39 is 0 Å². The van der Waals surface area contributed by atoms with Gasteiger partial charge in [0.1, 0.15) is 5.78 Å². The average Bonchev–Trinajstić information content (AvgIpc) is 2.63. The van der Waals surface area contributed by atoms with E-state index in [4.69, 9.17) is 0 Å². The topological polar surface area (TPSA) is 20.3 Å². The van der Waals surface area contributed by atoms with Crippen molar-refractivity contribution in [3.8, 4) is 0 Å². The molecule has 3 rings (SSSR count). The zero-order valence-electron chi connectivity index (χ0n) is 13.8. The van der Waals surface area contributed by atoms with Gasteiger partial charge < -0.3 is 0 Å². The highest BCUT2D eigenvalue weighted by Gasteiger charge is 2.33. The summed E-state index contributed by atoms with van der Waals surface area (Å²) in [6, 6.07) is 21.4. The number of hydrogen-bond acceptors (Lipinski definition) is 2. The van der Waals surface area contributed by atoms with Crippen molar-refractivity contribution in [2.24, 2.45) is 0 Å². The zero-order valence-corrected chi connectivity index (χ0v) is 13.8. The minimum atomic E-state index is 0.0548. The highest BCUT2D eigenvalue weighted by atomic mass is 16.1. The number of benzene rings is 2. The Bertz CT molecular complexity index is 583. The van der Waals surface area contributed by atoms with Gasteiger partial charge in [0.2, 0.25) is 0 Å². The fourth-order valence-electron chi connectivity index (χ4n) is 3.69. The van der Waals surface area contributed by atoms with Crippen LogP contribution in [0.1, 0.15) is 49.8 Å². The minimum absolute atomic E-state index is 0.0548. The number of likely N-dealkylation sites (tertiary alicyclic amines) is 1. The van der Waals surface area contributed by atoms with Crippen molar-refractivity contribution in [1.29, 1.82) is 0 Å². The normalized spacial score (nSPS) is 19.0. The Balaban J connectivity index is 2.02. The van der Waals surface area contributed by atoms with Crippen LogP contribution in [0.15, 0.2) is 60.7 Å². The number of carbonyl (C=O) groups excluding carboxylic acids is 1. The lowest BCUT2D eigenvalue weighted by molar-refractivity contribution is -0.126. The second-order valence-corrected chi connectivity index (χ2v) is 6.29. The molecule has 0 bridgehead atoms. The molecule has 0 spiro atoms. The maximum absolute atomic E-state index is 12.5. The van der Waals surface area contributed by atoms with Crippen LogP contribution in [0.4, 0.5) is 0 Å². The van der Waals surface area contributed by atoms with E-state index in [0.29, 0.717) is 12.2 Å². The van der Waals surface area contributed by atoms with Gasteiger partial charge in [0.25, 0.3) is 0 Å². The molecule has 1 unspecified atom stereocenters. The van der Waals surface area contributed by atoms with Crippen LogP contribution in [-0.2, 0) is 4.79 Å². The first-order valence-corrected chi connectivity index (χ1v) is 8.69. The standard InChI is InChI=1S/C21H25NO/c1-2-20(23)19-15-9-10-16-22(19)21(17-11-5-3-6-12-17)18-13-7-4-8-14-18/h3-8,11-14,19,21H,2,9-10,15-16H2,1H3. The molecule has 1 aliphatic rings. The third-order valence-corrected chi connectivity index (χ3v) is 4.83. The Morgan fingerprint density at radius 3 is 2.09 bits per heavy atom. The first kappa shape index (κ1) is 15.9. The van der Waals surface area contributed by atoms with Crippen LogP contribution in [0.25, 0.3) is 0 Å². The number of Topliss-reactive ketones (excluding diaryl/α,β-unsaturated/α-hetero) is 1. The first-order chi connectivity index (χ1) is 11.3. The predicted molar refractivity (Wildman–Crippen MR) is 94.4 cm³/mol. The summed E-state index contributed by atoms with van der Waals surface area (Å²) >= 11 is 0. The molecule has 120 valence electrons. The van der Waals surface area contributed by atoms with Crippen molar-refractivity contribution in [2.75, 3.05) is 6.54 Å². The summed E-state index contributed by atoms with van der Waals surface area (Å²) in [6.07, 6.45) is 3.94. The lowest BCUT2D eigenvalue weighted by Gasteiger charge is -2.41. The summed E-state index contributed by atoms with van der Waals surface area (Å²) in [4.78, 5) is 14.9. The fourth-order valence-corrected chi connectivity index (χ4v) is 3.69. The molecule has 0 aliphatic carbocycles. The molecular weight excluding hydrogens is 282 g/mol. The molecule has 2 heteroatoms. The molecule has 0 aromatic heterocycles. The summed E-state index contributed by atoms with van der Waals surface area (Å²) in [5.74, 6) is 0.376. The Morgan fingerprint density at radius 2 is 1.57 bits per heavy atom. The summed E-state index contributed by atoms with van der Waals surface area (Å²) < 4.78 is 0. The Hall–Kier alpha value is -1.93. The number of nitrogens with zero attached hydrogens (tertiary/aromatic N) is 1. The number of rotatable bonds is 5.